The molecule has 0 unspecified atom stereocenters. The first kappa shape index (κ1) is 11.0. The molecule has 1 aromatic rings. The zero-order valence-electron chi connectivity index (χ0n) is 6.77. The molecule has 1 aromatic heterocycles. The zero-order valence-corrected chi connectivity index (χ0v) is 8.35. The molecule has 0 bridgehead atoms. The molecule has 0 aliphatic carbocycles. The predicted octanol–water partition coefficient (Wildman–Crippen LogP) is 2.99. The van der Waals surface area contributed by atoms with E-state index in [1.807, 2.05) is 0 Å². The lowest BCUT2D eigenvalue weighted by Crippen LogP contribution is -1.99. The first-order chi connectivity index (χ1) is 6.56. The van der Waals surface area contributed by atoms with E-state index >= 15 is 0 Å². The standard InChI is InChI=1S/C8H4BrF3N2/c9-7-6(10)5(8(11)12)3-4(14-7)1-2-13/h3,8H,1H2. The van der Waals surface area contributed by atoms with E-state index in [-0.39, 0.29) is 16.7 Å². The third-order valence-corrected chi connectivity index (χ3v) is 2.02. The lowest BCUT2D eigenvalue weighted by Gasteiger charge is -2.04. The molecule has 0 aromatic carbocycles. The SMILES string of the molecule is N#CCc1cc(C(F)F)c(F)c(Br)n1. The molecule has 0 fully saturated rings. The molecule has 0 radical (unpaired) electrons. The van der Waals surface area contributed by atoms with E-state index in [0.29, 0.717) is 0 Å². The number of nitrogens with zero attached hydrogens (tertiary/aromatic N) is 2. The van der Waals surface area contributed by atoms with Crippen LogP contribution < -0.4 is 0 Å². The minimum atomic E-state index is -2.91. The number of nitriles is 1. The summed E-state index contributed by atoms with van der Waals surface area (Å²) < 4.78 is 37.2. The van der Waals surface area contributed by atoms with Crippen LogP contribution in [0.4, 0.5) is 13.2 Å². The number of hydrogen-bond donors (Lipinski definition) is 0. The van der Waals surface area contributed by atoms with E-state index in [2.05, 4.69) is 20.9 Å². The Balaban J connectivity index is 3.22. The van der Waals surface area contributed by atoms with Gasteiger partial charge in [0.2, 0.25) is 0 Å². The van der Waals surface area contributed by atoms with E-state index in [9.17, 15) is 13.2 Å². The summed E-state index contributed by atoms with van der Waals surface area (Å²) in [4.78, 5) is 3.59. The predicted molar refractivity (Wildman–Crippen MR) is 46.2 cm³/mol. The maximum Gasteiger partial charge on any atom is 0.266 e. The topological polar surface area (TPSA) is 36.7 Å². The van der Waals surface area contributed by atoms with Gasteiger partial charge in [-0.2, -0.15) is 5.26 Å². The van der Waals surface area contributed by atoms with Crippen LogP contribution in [-0.4, -0.2) is 4.98 Å². The summed E-state index contributed by atoms with van der Waals surface area (Å²) in [6.07, 6.45) is -3.04. The van der Waals surface area contributed by atoms with E-state index in [1.165, 1.54) is 0 Å². The molecule has 0 N–H and O–H groups in total. The Kier molecular flexibility index (Phi) is 3.47. The lowest BCUT2D eigenvalue weighted by molar-refractivity contribution is 0.145. The molecular formula is C8H4BrF3N2. The van der Waals surface area contributed by atoms with Crippen LogP contribution in [0.5, 0.6) is 0 Å². The molecule has 0 spiro atoms. The van der Waals surface area contributed by atoms with Gasteiger partial charge >= 0.3 is 0 Å². The molecule has 6 heteroatoms. The Morgan fingerprint density at radius 3 is 2.71 bits per heavy atom. The number of hydrogen-bond acceptors (Lipinski definition) is 2. The molecule has 0 aliphatic heterocycles. The van der Waals surface area contributed by atoms with Crippen molar-refractivity contribution < 1.29 is 13.2 Å². The average molecular weight is 265 g/mol. The van der Waals surface area contributed by atoms with Crippen LogP contribution in [0.15, 0.2) is 10.7 Å². The lowest BCUT2D eigenvalue weighted by atomic mass is 10.2. The van der Waals surface area contributed by atoms with E-state index in [0.717, 1.165) is 6.07 Å². The van der Waals surface area contributed by atoms with Crippen molar-refractivity contribution in [2.24, 2.45) is 0 Å². The summed E-state index contributed by atoms with van der Waals surface area (Å²) in [7, 11) is 0. The molecule has 0 amide bonds. The summed E-state index contributed by atoms with van der Waals surface area (Å²) in [5, 5.41) is 8.32. The third kappa shape index (κ3) is 2.23. The number of pyridine rings is 1. The first-order valence-electron chi connectivity index (χ1n) is 3.56. The van der Waals surface area contributed by atoms with Crippen LogP contribution in [0.2, 0.25) is 0 Å². The van der Waals surface area contributed by atoms with Gasteiger partial charge in [0, 0.05) is 0 Å². The third-order valence-electron chi connectivity index (χ3n) is 1.49. The Hall–Kier alpha value is -1.09. The molecule has 0 saturated carbocycles. The van der Waals surface area contributed by atoms with Gasteiger partial charge in [-0.1, -0.05) is 0 Å². The monoisotopic (exact) mass is 264 g/mol. The Morgan fingerprint density at radius 1 is 1.57 bits per heavy atom. The van der Waals surface area contributed by atoms with Gasteiger partial charge in [0.25, 0.3) is 6.43 Å². The molecule has 74 valence electrons. The van der Waals surface area contributed by atoms with Crippen molar-refractivity contribution in [1.82, 2.24) is 4.98 Å². The maximum atomic E-state index is 13.0. The first-order valence-corrected chi connectivity index (χ1v) is 4.35. The quantitative estimate of drug-likeness (QED) is 0.771. The average Bonchev–Trinajstić information content (AvgIpc) is 2.11. The highest BCUT2D eigenvalue weighted by Crippen LogP contribution is 2.26. The molecule has 14 heavy (non-hydrogen) atoms. The van der Waals surface area contributed by atoms with Gasteiger partial charge in [0.1, 0.15) is 4.60 Å². The van der Waals surface area contributed by atoms with Gasteiger partial charge in [-0.3, -0.25) is 0 Å². The number of alkyl halides is 2. The second kappa shape index (κ2) is 4.42. The van der Waals surface area contributed by atoms with Gasteiger partial charge < -0.3 is 0 Å². The van der Waals surface area contributed by atoms with E-state index in [1.54, 1.807) is 6.07 Å². The van der Waals surface area contributed by atoms with Crippen LogP contribution in [-0.2, 0) is 6.42 Å². The Morgan fingerprint density at radius 2 is 2.21 bits per heavy atom. The highest BCUT2D eigenvalue weighted by atomic mass is 79.9. The van der Waals surface area contributed by atoms with Crippen molar-refractivity contribution in [1.29, 1.82) is 5.26 Å². The fourth-order valence-electron chi connectivity index (χ4n) is 0.900. The zero-order chi connectivity index (χ0) is 10.7. The maximum absolute atomic E-state index is 13.0. The smallest absolute Gasteiger partial charge is 0.242 e. The Bertz CT molecular complexity index is 387. The Labute approximate surface area is 86.5 Å². The summed E-state index contributed by atoms with van der Waals surface area (Å²) >= 11 is 2.71. The van der Waals surface area contributed by atoms with Crippen molar-refractivity contribution in [3.05, 3.63) is 27.7 Å². The van der Waals surface area contributed by atoms with Crippen LogP contribution in [0.3, 0.4) is 0 Å². The molecule has 2 nitrogen and oxygen atoms in total. The number of halogens is 4. The highest BCUT2D eigenvalue weighted by molar-refractivity contribution is 9.10. The van der Waals surface area contributed by atoms with Crippen LogP contribution in [0.1, 0.15) is 17.7 Å². The molecule has 0 aliphatic rings. The van der Waals surface area contributed by atoms with Crippen molar-refractivity contribution >= 4 is 15.9 Å². The minimum Gasteiger partial charge on any atom is -0.242 e. The van der Waals surface area contributed by atoms with E-state index in [4.69, 9.17) is 5.26 Å². The van der Waals surface area contributed by atoms with Crippen LogP contribution >= 0.6 is 15.9 Å². The van der Waals surface area contributed by atoms with Crippen LogP contribution in [0.25, 0.3) is 0 Å². The minimum absolute atomic E-state index is 0.121. The molecule has 1 heterocycles. The highest BCUT2D eigenvalue weighted by Gasteiger charge is 2.18. The summed E-state index contributed by atoms with van der Waals surface area (Å²) in [5.41, 5.74) is -0.617. The molecule has 1 rings (SSSR count). The normalized spacial score (nSPS) is 10.3. The second-order valence-electron chi connectivity index (χ2n) is 2.44. The van der Waals surface area contributed by atoms with E-state index < -0.39 is 17.8 Å². The van der Waals surface area contributed by atoms with Gasteiger partial charge in [-0.15, -0.1) is 0 Å². The van der Waals surface area contributed by atoms with Crippen molar-refractivity contribution in [3.63, 3.8) is 0 Å². The van der Waals surface area contributed by atoms with Crippen molar-refractivity contribution in [2.45, 2.75) is 12.8 Å². The fourth-order valence-corrected chi connectivity index (χ4v) is 1.36. The van der Waals surface area contributed by atoms with Gasteiger partial charge in [-0.25, -0.2) is 18.2 Å². The van der Waals surface area contributed by atoms with Gasteiger partial charge in [0.05, 0.1) is 23.7 Å². The molecule has 0 atom stereocenters. The molecular weight excluding hydrogens is 261 g/mol. The largest absolute Gasteiger partial charge is 0.266 e. The summed E-state index contributed by atoms with van der Waals surface area (Å²) in [5.74, 6) is -1.08. The van der Waals surface area contributed by atoms with Crippen molar-refractivity contribution in [3.8, 4) is 6.07 Å². The molecule has 0 saturated heterocycles. The van der Waals surface area contributed by atoms with Crippen LogP contribution in [0, 0.1) is 17.1 Å². The van der Waals surface area contributed by atoms with Gasteiger partial charge in [-0.05, 0) is 22.0 Å². The summed E-state index contributed by atoms with van der Waals surface area (Å²) in [6, 6.07) is 2.64. The van der Waals surface area contributed by atoms with Crippen molar-refractivity contribution in [2.75, 3.05) is 0 Å². The fraction of sp³-hybridized carbons (Fsp3) is 0.250. The van der Waals surface area contributed by atoms with Gasteiger partial charge in [0.15, 0.2) is 5.82 Å². The summed E-state index contributed by atoms with van der Waals surface area (Å²) in [6.45, 7) is 0. The number of aromatic nitrogens is 1. The second-order valence-corrected chi connectivity index (χ2v) is 3.19. The number of rotatable bonds is 2.